The summed E-state index contributed by atoms with van der Waals surface area (Å²) in [6.07, 6.45) is 4.75. The van der Waals surface area contributed by atoms with Gasteiger partial charge in [0.2, 0.25) is 5.91 Å². The Kier molecular flexibility index (Phi) is 7.21. The topological polar surface area (TPSA) is 44.4 Å². The van der Waals surface area contributed by atoms with Gasteiger partial charge in [-0.2, -0.15) is 0 Å². The minimum absolute atomic E-state index is 0.0449. The predicted octanol–water partition coefficient (Wildman–Crippen LogP) is 5.67. The summed E-state index contributed by atoms with van der Waals surface area (Å²) in [5, 5.41) is 6.77. The van der Waals surface area contributed by atoms with E-state index in [1.165, 1.54) is 24.3 Å². The van der Waals surface area contributed by atoms with Gasteiger partial charge in [0.15, 0.2) is 0 Å². The van der Waals surface area contributed by atoms with Gasteiger partial charge in [0, 0.05) is 36.8 Å². The number of fused-ring (bicyclic) bond motifs is 2. The summed E-state index contributed by atoms with van der Waals surface area (Å²) in [4.78, 5) is 15.0. The summed E-state index contributed by atoms with van der Waals surface area (Å²) in [7, 11) is 0. The molecule has 0 radical (unpaired) electrons. The van der Waals surface area contributed by atoms with Crippen molar-refractivity contribution in [2.24, 2.45) is 0 Å². The molecular weight excluding hydrogens is 444 g/mol. The Morgan fingerprint density at radius 1 is 0.829 bits per heavy atom. The summed E-state index contributed by atoms with van der Waals surface area (Å²) >= 11 is 0. The minimum atomic E-state index is -0.269. The molecular formula is C29H31F2N3O. The molecule has 3 aromatic rings. The van der Waals surface area contributed by atoms with Crippen LogP contribution in [0.1, 0.15) is 49.3 Å². The molecule has 2 bridgehead atoms. The third-order valence-corrected chi connectivity index (χ3v) is 7.35. The van der Waals surface area contributed by atoms with Crippen molar-refractivity contribution in [2.45, 2.75) is 56.3 Å². The number of hydrogen-bond acceptors (Lipinski definition) is 3. The zero-order valence-corrected chi connectivity index (χ0v) is 19.7. The lowest BCUT2D eigenvalue weighted by molar-refractivity contribution is -0.116. The molecule has 0 aromatic heterocycles. The quantitative estimate of drug-likeness (QED) is 0.441. The van der Waals surface area contributed by atoms with Crippen LogP contribution in [0.25, 0.3) is 0 Å². The standard InChI is InChI=1S/C29H31F2N3O/c30-22-10-6-20(7-11-22)29(21-8-12-23(31)13-9-21)33-25-18-26-14-15-27(19-25)34(26)17-16-28(35)32-24-4-2-1-3-5-24/h1-13,25-27,29,33H,14-19H2,(H,32,35)/t25?,26-,27+. The van der Waals surface area contributed by atoms with E-state index < -0.39 is 0 Å². The fourth-order valence-corrected chi connectivity index (χ4v) is 5.68. The van der Waals surface area contributed by atoms with E-state index in [0.717, 1.165) is 49.0 Å². The van der Waals surface area contributed by atoms with E-state index in [-0.39, 0.29) is 23.6 Å². The lowest BCUT2D eigenvalue weighted by Gasteiger charge is -2.40. The van der Waals surface area contributed by atoms with Crippen molar-refractivity contribution in [3.05, 3.63) is 102 Å². The zero-order chi connectivity index (χ0) is 24.2. The van der Waals surface area contributed by atoms with E-state index in [1.807, 2.05) is 30.3 Å². The van der Waals surface area contributed by atoms with Crippen LogP contribution in [0.3, 0.4) is 0 Å². The average molecular weight is 476 g/mol. The molecule has 2 aliphatic heterocycles. The van der Waals surface area contributed by atoms with E-state index in [0.29, 0.717) is 24.5 Å². The van der Waals surface area contributed by atoms with Crippen molar-refractivity contribution in [2.75, 3.05) is 11.9 Å². The van der Waals surface area contributed by atoms with Crippen molar-refractivity contribution in [3.8, 4) is 0 Å². The summed E-state index contributed by atoms with van der Waals surface area (Å²) in [5.41, 5.74) is 2.76. The molecule has 2 saturated heterocycles. The molecule has 4 nitrogen and oxygen atoms in total. The molecule has 3 aromatic carbocycles. The Morgan fingerprint density at radius 3 is 1.91 bits per heavy atom. The van der Waals surface area contributed by atoms with Gasteiger partial charge in [-0.1, -0.05) is 42.5 Å². The fraction of sp³-hybridized carbons (Fsp3) is 0.345. The van der Waals surface area contributed by atoms with E-state index in [1.54, 1.807) is 24.3 Å². The number of carbonyl (C=O) groups excluding carboxylic acids is 1. The number of halogens is 2. The second kappa shape index (κ2) is 10.7. The van der Waals surface area contributed by atoms with Crippen molar-refractivity contribution >= 4 is 11.6 Å². The summed E-state index contributed by atoms with van der Waals surface area (Å²) < 4.78 is 27.1. The zero-order valence-electron chi connectivity index (χ0n) is 19.7. The average Bonchev–Trinajstić information content (AvgIpc) is 3.10. The molecule has 2 aliphatic rings. The second-order valence-corrected chi connectivity index (χ2v) is 9.66. The number of nitrogens with one attached hydrogen (secondary N) is 2. The minimum Gasteiger partial charge on any atom is -0.326 e. The number of rotatable bonds is 8. The summed E-state index contributed by atoms with van der Waals surface area (Å²) in [6, 6.07) is 23.7. The van der Waals surface area contributed by atoms with Crippen LogP contribution in [0.2, 0.25) is 0 Å². The van der Waals surface area contributed by atoms with Crippen LogP contribution in [-0.4, -0.2) is 35.5 Å². The Bertz CT molecular complexity index is 1060. The van der Waals surface area contributed by atoms with Gasteiger partial charge >= 0.3 is 0 Å². The van der Waals surface area contributed by atoms with E-state index in [2.05, 4.69) is 15.5 Å². The molecule has 2 heterocycles. The second-order valence-electron chi connectivity index (χ2n) is 9.66. The number of anilines is 1. The summed E-state index contributed by atoms with van der Waals surface area (Å²) in [6.45, 7) is 0.764. The highest BCUT2D eigenvalue weighted by Gasteiger charge is 2.41. The number of nitrogens with zero attached hydrogens (tertiary/aromatic N) is 1. The number of hydrogen-bond donors (Lipinski definition) is 2. The van der Waals surface area contributed by atoms with Crippen LogP contribution < -0.4 is 10.6 Å². The first-order valence-corrected chi connectivity index (χ1v) is 12.4. The van der Waals surface area contributed by atoms with Crippen molar-refractivity contribution < 1.29 is 13.6 Å². The lowest BCUT2D eigenvalue weighted by atomic mass is 9.92. The smallest absolute Gasteiger partial charge is 0.225 e. The van der Waals surface area contributed by atoms with E-state index in [4.69, 9.17) is 0 Å². The molecule has 2 fully saturated rings. The highest BCUT2D eigenvalue weighted by Crippen LogP contribution is 2.37. The number of benzene rings is 3. The van der Waals surface area contributed by atoms with Crippen molar-refractivity contribution in [3.63, 3.8) is 0 Å². The molecule has 0 saturated carbocycles. The van der Waals surface area contributed by atoms with Gasteiger partial charge in [-0.25, -0.2) is 8.78 Å². The highest BCUT2D eigenvalue weighted by molar-refractivity contribution is 5.90. The third-order valence-electron chi connectivity index (χ3n) is 7.35. The van der Waals surface area contributed by atoms with Crippen molar-refractivity contribution in [1.82, 2.24) is 10.2 Å². The maximum Gasteiger partial charge on any atom is 0.225 e. The number of piperidine rings is 1. The highest BCUT2D eigenvalue weighted by atomic mass is 19.1. The van der Waals surface area contributed by atoms with E-state index in [9.17, 15) is 13.6 Å². The molecule has 1 amide bonds. The Hall–Kier alpha value is -3.09. The molecule has 5 rings (SSSR count). The van der Waals surface area contributed by atoms with Crippen LogP contribution in [0.15, 0.2) is 78.9 Å². The number of amides is 1. The SMILES string of the molecule is O=C(CCN1[C@@H]2CC[C@H]1CC(NC(c1ccc(F)cc1)c1ccc(F)cc1)C2)Nc1ccccc1. The van der Waals surface area contributed by atoms with Gasteiger partial charge in [0.25, 0.3) is 0 Å². The Labute approximate surface area is 205 Å². The normalized spacial score (nSPS) is 21.9. The van der Waals surface area contributed by atoms with Crippen LogP contribution in [-0.2, 0) is 4.79 Å². The number of carbonyl (C=O) groups is 1. The molecule has 0 aliphatic carbocycles. The van der Waals surface area contributed by atoms with Crippen molar-refractivity contribution in [1.29, 1.82) is 0 Å². The van der Waals surface area contributed by atoms with Gasteiger partial charge in [0.05, 0.1) is 6.04 Å². The number of para-hydroxylation sites is 1. The molecule has 1 unspecified atom stereocenters. The molecule has 2 N–H and O–H groups in total. The van der Waals surface area contributed by atoms with Gasteiger partial charge in [0.1, 0.15) is 11.6 Å². The van der Waals surface area contributed by atoms with Gasteiger partial charge in [-0.3, -0.25) is 9.69 Å². The molecule has 6 heteroatoms. The van der Waals surface area contributed by atoms with Crippen LogP contribution in [0.4, 0.5) is 14.5 Å². The first kappa shape index (κ1) is 23.6. The molecule has 0 spiro atoms. The first-order chi connectivity index (χ1) is 17.0. The fourth-order valence-electron chi connectivity index (χ4n) is 5.68. The van der Waals surface area contributed by atoms with Gasteiger partial charge in [-0.15, -0.1) is 0 Å². The largest absolute Gasteiger partial charge is 0.326 e. The Balaban J connectivity index is 1.22. The monoisotopic (exact) mass is 475 g/mol. The Morgan fingerprint density at radius 2 is 1.37 bits per heavy atom. The van der Waals surface area contributed by atoms with Crippen LogP contribution in [0, 0.1) is 11.6 Å². The van der Waals surface area contributed by atoms with Crippen LogP contribution in [0.5, 0.6) is 0 Å². The molecule has 182 valence electrons. The van der Waals surface area contributed by atoms with Gasteiger partial charge in [-0.05, 0) is 73.2 Å². The molecule has 3 atom stereocenters. The maximum absolute atomic E-state index is 13.6. The third kappa shape index (κ3) is 5.77. The summed E-state index contributed by atoms with van der Waals surface area (Å²) in [5.74, 6) is -0.493. The van der Waals surface area contributed by atoms with E-state index >= 15 is 0 Å². The molecule has 35 heavy (non-hydrogen) atoms. The van der Waals surface area contributed by atoms with Gasteiger partial charge < -0.3 is 10.6 Å². The maximum atomic E-state index is 13.6. The van der Waals surface area contributed by atoms with Crippen LogP contribution >= 0.6 is 0 Å². The predicted molar refractivity (Wildman–Crippen MR) is 134 cm³/mol. The first-order valence-electron chi connectivity index (χ1n) is 12.4. The lowest BCUT2D eigenvalue weighted by Crippen LogP contribution is -2.50.